The molecule has 0 amide bonds. The van der Waals surface area contributed by atoms with Gasteiger partial charge in [-0.15, -0.1) is 0 Å². The third-order valence-electron chi connectivity index (χ3n) is 4.98. The Bertz CT molecular complexity index is 834. The lowest BCUT2D eigenvalue weighted by atomic mass is 9.83. The second-order valence-corrected chi connectivity index (χ2v) is 8.81. The van der Waals surface area contributed by atoms with Crippen LogP contribution >= 0.6 is 15.9 Å². The molecule has 6 heteroatoms. The molecule has 130 valence electrons. The zero-order valence-electron chi connectivity index (χ0n) is 14.6. The molecule has 1 atom stereocenters. The van der Waals surface area contributed by atoms with Crippen molar-refractivity contribution >= 4 is 32.8 Å². The third-order valence-corrected chi connectivity index (χ3v) is 5.47. The summed E-state index contributed by atoms with van der Waals surface area (Å²) in [4.78, 5) is 19.6. The molecule has 24 heavy (non-hydrogen) atoms. The summed E-state index contributed by atoms with van der Waals surface area (Å²) < 4.78 is 15.4. The summed E-state index contributed by atoms with van der Waals surface area (Å²) >= 11 is 3.49. The van der Waals surface area contributed by atoms with E-state index in [9.17, 15) is 9.18 Å². The maximum absolute atomic E-state index is 13.9. The molecule has 1 aliphatic heterocycles. The van der Waals surface area contributed by atoms with E-state index in [-0.39, 0.29) is 10.4 Å². The zero-order chi connectivity index (χ0) is 17.6. The average molecular weight is 396 g/mol. The molecule has 1 fully saturated rings. The Hall–Kier alpha value is -1.43. The predicted molar refractivity (Wildman–Crippen MR) is 99.5 cm³/mol. The fraction of sp³-hybridized carbons (Fsp3) is 0.556. The second-order valence-electron chi connectivity index (χ2n) is 7.43. The highest BCUT2D eigenvalue weighted by Crippen LogP contribution is 2.33. The van der Waals surface area contributed by atoms with Gasteiger partial charge in [-0.3, -0.25) is 9.36 Å². The van der Waals surface area contributed by atoms with Gasteiger partial charge >= 0.3 is 0 Å². The van der Waals surface area contributed by atoms with Gasteiger partial charge in [0.2, 0.25) is 5.95 Å². The van der Waals surface area contributed by atoms with Crippen molar-refractivity contribution < 1.29 is 4.39 Å². The summed E-state index contributed by atoms with van der Waals surface area (Å²) in [5, 5.41) is 0.333. The number of hydrogen-bond acceptors (Lipinski definition) is 3. The fourth-order valence-electron chi connectivity index (χ4n) is 3.25. The summed E-state index contributed by atoms with van der Waals surface area (Å²) in [7, 11) is 1.71. The van der Waals surface area contributed by atoms with E-state index < -0.39 is 5.82 Å². The number of benzene rings is 1. The molecule has 0 aliphatic carbocycles. The van der Waals surface area contributed by atoms with Gasteiger partial charge in [-0.2, -0.15) is 0 Å². The van der Waals surface area contributed by atoms with Crippen molar-refractivity contribution in [2.24, 2.45) is 12.5 Å². The van der Waals surface area contributed by atoms with Gasteiger partial charge in [-0.05, 0) is 42.9 Å². The number of alkyl halides is 1. The highest BCUT2D eigenvalue weighted by molar-refractivity contribution is 9.09. The number of fused-ring (bicyclic) bond motifs is 1. The molecule has 0 N–H and O–H groups in total. The van der Waals surface area contributed by atoms with Crippen LogP contribution in [0.4, 0.5) is 10.3 Å². The molecule has 0 spiro atoms. The number of nitrogens with zero attached hydrogens (tertiary/aromatic N) is 3. The first-order valence-corrected chi connectivity index (χ1v) is 9.20. The molecule has 0 radical (unpaired) electrons. The van der Waals surface area contributed by atoms with E-state index in [1.165, 1.54) is 12.1 Å². The van der Waals surface area contributed by atoms with E-state index in [0.29, 0.717) is 27.8 Å². The van der Waals surface area contributed by atoms with Crippen LogP contribution in [0.1, 0.15) is 44.0 Å². The van der Waals surface area contributed by atoms with Crippen LogP contribution in [0.25, 0.3) is 10.9 Å². The lowest BCUT2D eigenvalue weighted by Gasteiger charge is -2.38. The minimum absolute atomic E-state index is 0.0801. The lowest BCUT2D eigenvalue weighted by molar-refractivity contribution is 0.277. The van der Waals surface area contributed by atoms with Gasteiger partial charge in [0.25, 0.3) is 5.56 Å². The SMILES string of the molecule is CC(Br)c1cc(F)cc2c(=O)n(C)c(N3CCC(C)(C)CC3)nc12. The van der Waals surface area contributed by atoms with Crippen molar-refractivity contribution in [3.8, 4) is 0 Å². The topological polar surface area (TPSA) is 38.1 Å². The van der Waals surface area contributed by atoms with Crippen LogP contribution in [0.2, 0.25) is 0 Å². The maximum atomic E-state index is 13.9. The zero-order valence-corrected chi connectivity index (χ0v) is 16.2. The lowest BCUT2D eigenvalue weighted by Crippen LogP contribution is -2.40. The summed E-state index contributed by atoms with van der Waals surface area (Å²) in [6.45, 7) is 8.20. The molecule has 1 aromatic carbocycles. The minimum Gasteiger partial charge on any atom is -0.342 e. The molecule has 1 aromatic heterocycles. The number of aromatic nitrogens is 2. The van der Waals surface area contributed by atoms with E-state index in [1.54, 1.807) is 11.6 Å². The first-order chi connectivity index (χ1) is 11.2. The number of hydrogen-bond donors (Lipinski definition) is 0. The Balaban J connectivity index is 2.17. The molecule has 1 saturated heterocycles. The molecule has 4 nitrogen and oxygen atoms in total. The molecule has 2 aromatic rings. The van der Waals surface area contributed by atoms with E-state index >= 15 is 0 Å². The number of rotatable bonds is 2. The van der Waals surface area contributed by atoms with Gasteiger partial charge in [0.1, 0.15) is 5.82 Å². The molecule has 2 heterocycles. The van der Waals surface area contributed by atoms with E-state index in [2.05, 4.69) is 34.7 Å². The maximum Gasteiger partial charge on any atom is 0.262 e. The van der Waals surface area contributed by atoms with Crippen molar-refractivity contribution in [1.29, 1.82) is 0 Å². The molecule has 1 aliphatic rings. The Labute approximate surface area is 149 Å². The predicted octanol–water partition coefficient (Wildman–Crippen LogP) is 4.15. The largest absolute Gasteiger partial charge is 0.342 e. The quantitative estimate of drug-likeness (QED) is 0.716. The van der Waals surface area contributed by atoms with Crippen molar-refractivity contribution in [1.82, 2.24) is 9.55 Å². The number of anilines is 1. The Morgan fingerprint density at radius 1 is 1.29 bits per heavy atom. The summed E-state index contributed by atoms with van der Waals surface area (Å²) in [6.07, 6.45) is 2.12. The monoisotopic (exact) mass is 395 g/mol. The van der Waals surface area contributed by atoms with Crippen LogP contribution in [0.5, 0.6) is 0 Å². The van der Waals surface area contributed by atoms with Gasteiger partial charge in [-0.1, -0.05) is 29.8 Å². The first kappa shape index (κ1) is 17.4. The smallest absolute Gasteiger partial charge is 0.262 e. The van der Waals surface area contributed by atoms with Crippen LogP contribution < -0.4 is 10.5 Å². The number of piperidine rings is 1. The van der Waals surface area contributed by atoms with E-state index in [1.807, 2.05) is 6.92 Å². The second kappa shape index (κ2) is 6.14. The highest BCUT2D eigenvalue weighted by Gasteiger charge is 2.28. The Morgan fingerprint density at radius 2 is 1.92 bits per heavy atom. The first-order valence-electron chi connectivity index (χ1n) is 8.29. The highest BCUT2D eigenvalue weighted by atomic mass is 79.9. The van der Waals surface area contributed by atoms with Crippen molar-refractivity contribution in [2.75, 3.05) is 18.0 Å². The summed E-state index contributed by atoms with van der Waals surface area (Å²) in [5.41, 5.74) is 1.42. The molecular formula is C18H23BrFN3O. The van der Waals surface area contributed by atoms with E-state index in [4.69, 9.17) is 4.98 Å². The van der Waals surface area contributed by atoms with Crippen LogP contribution in [0.3, 0.4) is 0 Å². The molecule has 0 saturated carbocycles. The molecule has 1 unspecified atom stereocenters. The van der Waals surface area contributed by atoms with Gasteiger partial charge in [0.15, 0.2) is 0 Å². The Kier molecular flexibility index (Phi) is 4.45. The van der Waals surface area contributed by atoms with Crippen molar-refractivity contribution in [2.45, 2.75) is 38.4 Å². The summed E-state index contributed by atoms with van der Waals surface area (Å²) in [5.74, 6) is 0.263. The van der Waals surface area contributed by atoms with Crippen LogP contribution in [-0.4, -0.2) is 22.6 Å². The third kappa shape index (κ3) is 3.08. The Morgan fingerprint density at radius 3 is 2.50 bits per heavy atom. The fourth-order valence-corrected chi connectivity index (χ4v) is 3.60. The van der Waals surface area contributed by atoms with Crippen molar-refractivity contribution in [3.63, 3.8) is 0 Å². The van der Waals surface area contributed by atoms with Gasteiger partial charge in [0, 0.05) is 25.0 Å². The van der Waals surface area contributed by atoms with Gasteiger partial charge in [0.05, 0.1) is 10.9 Å². The van der Waals surface area contributed by atoms with E-state index in [0.717, 1.165) is 25.9 Å². The van der Waals surface area contributed by atoms with Crippen molar-refractivity contribution in [3.05, 3.63) is 33.9 Å². The summed E-state index contributed by atoms with van der Waals surface area (Å²) in [6, 6.07) is 2.74. The molecule has 3 rings (SSSR count). The minimum atomic E-state index is -0.407. The molecule has 0 bridgehead atoms. The van der Waals surface area contributed by atoms with Gasteiger partial charge in [-0.25, -0.2) is 9.37 Å². The van der Waals surface area contributed by atoms with Crippen LogP contribution in [-0.2, 0) is 7.05 Å². The normalized spacial score (nSPS) is 18.8. The average Bonchev–Trinajstić information content (AvgIpc) is 2.51. The molecular weight excluding hydrogens is 373 g/mol. The number of halogens is 2. The van der Waals surface area contributed by atoms with Crippen LogP contribution in [0.15, 0.2) is 16.9 Å². The standard InChI is InChI=1S/C18H23BrFN3O/c1-11(19)13-9-12(20)10-14-15(13)21-17(22(4)16(14)24)23-7-5-18(2,3)6-8-23/h9-11H,5-8H2,1-4H3. The van der Waals surface area contributed by atoms with Gasteiger partial charge < -0.3 is 4.90 Å². The van der Waals surface area contributed by atoms with Crippen LogP contribution in [0, 0.1) is 11.2 Å².